The number of ketones is 1. The van der Waals surface area contributed by atoms with Crippen LogP contribution in [0.4, 0.5) is 0 Å². The number of hydrogen-bond donors (Lipinski definition) is 1. The number of Topliss-reactive ketones (excluding diaryl/α,β-unsaturated/α-hetero) is 1. The molecule has 9 heteroatoms. The Morgan fingerprint density at radius 3 is 2.03 bits per heavy atom. The van der Waals surface area contributed by atoms with Crippen LogP contribution in [0.15, 0.2) is 35.9 Å². The first-order valence-electron chi connectivity index (χ1n) is 10.5. The number of aliphatic hydroxyl groups is 1. The summed E-state index contributed by atoms with van der Waals surface area (Å²) in [5, 5.41) is 11.2. The van der Waals surface area contributed by atoms with E-state index in [-0.39, 0.29) is 24.5 Å². The molecule has 0 saturated carbocycles. The monoisotopic (exact) mass is 471 g/mol. The second-order valence-electron chi connectivity index (χ2n) is 7.63. The minimum Gasteiger partial charge on any atom is -0.507 e. The second-order valence-corrected chi connectivity index (χ2v) is 7.63. The van der Waals surface area contributed by atoms with Gasteiger partial charge in [-0.15, -0.1) is 0 Å². The van der Waals surface area contributed by atoms with Gasteiger partial charge in [0.25, 0.3) is 11.7 Å². The summed E-state index contributed by atoms with van der Waals surface area (Å²) < 4.78 is 26.8. The maximum absolute atomic E-state index is 13.2. The van der Waals surface area contributed by atoms with E-state index in [2.05, 4.69) is 0 Å². The van der Waals surface area contributed by atoms with E-state index in [0.717, 1.165) is 5.56 Å². The van der Waals surface area contributed by atoms with Gasteiger partial charge in [0.2, 0.25) is 5.75 Å². The summed E-state index contributed by atoms with van der Waals surface area (Å²) in [4.78, 5) is 27.5. The standard InChI is InChI=1S/C25H29NO8/c1-14-11-15(7-8-17(14)31-3)22(27)20-21(26(9-10-30-2)25(29)23(20)28)16-12-18(32-4)24(34-6)19(13-16)33-5/h7-8,11-13,21,27H,9-10H2,1-6H3/b22-20+/t21-/m1/s1. The molecule has 1 heterocycles. The van der Waals surface area contributed by atoms with Crippen molar-refractivity contribution in [1.82, 2.24) is 4.90 Å². The molecule has 1 amide bonds. The number of carbonyl (C=O) groups is 2. The molecule has 1 saturated heterocycles. The molecule has 1 N–H and O–H groups in total. The van der Waals surface area contributed by atoms with E-state index >= 15 is 0 Å². The largest absolute Gasteiger partial charge is 0.507 e. The number of carbonyl (C=O) groups excluding carboxylic acids is 2. The van der Waals surface area contributed by atoms with Gasteiger partial charge >= 0.3 is 0 Å². The number of aliphatic hydroxyl groups excluding tert-OH is 1. The summed E-state index contributed by atoms with van der Waals surface area (Å²) in [6.45, 7) is 2.17. The van der Waals surface area contributed by atoms with Crippen LogP contribution in [0.3, 0.4) is 0 Å². The number of benzene rings is 2. The maximum atomic E-state index is 13.2. The molecule has 1 aliphatic rings. The molecule has 182 valence electrons. The predicted molar refractivity (Wildman–Crippen MR) is 125 cm³/mol. The predicted octanol–water partition coefficient (Wildman–Crippen LogP) is 3.10. The Hall–Kier alpha value is -3.72. The number of likely N-dealkylation sites (tertiary alicyclic amines) is 1. The van der Waals surface area contributed by atoms with Gasteiger partial charge in [0.1, 0.15) is 11.5 Å². The minimum atomic E-state index is -0.897. The lowest BCUT2D eigenvalue weighted by molar-refractivity contribution is -0.140. The minimum absolute atomic E-state index is 0.0417. The number of ether oxygens (including phenoxy) is 5. The molecule has 1 fully saturated rings. The topological polar surface area (TPSA) is 104 Å². The fourth-order valence-electron chi connectivity index (χ4n) is 4.09. The highest BCUT2D eigenvalue weighted by atomic mass is 16.5. The summed E-state index contributed by atoms with van der Waals surface area (Å²) in [7, 11) is 7.49. The molecular formula is C25H29NO8. The number of aryl methyl sites for hydroxylation is 1. The average molecular weight is 472 g/mol. The van der Waals surface area contributed by atoms with E-state index < -0.39 is 17.7 Å². The van der Waals surface area contributed by atoms with Crippen molar-refractivity contribution >= 4 is 17.4 Å². The third-order valence-electron chi connectivity index (χ3n) is 5.75. The summed E-state index contributed by atoms with van der Waals surface area (Å²) in [5.41, 5.74) is 1.63. The fourth-order valence-corrected chi connectivity index (χ4v) is 4.09. The third kappa shape index (κ3) is 4.38. The van der Waals surface area contributed by atoms with Crippen LogP contribution in [0.2, 0.25) is 0 Å². The molecule has 3 rings (SSSR count). The molecule has 0 radical (unpaired) electrons. The Morgan fingerprint density at radius 2 is 1.53 bits per heavy atom. The molecule has 2 aromatic rings. The van der Waals surface area contributed by atoms with Crippen molar-refractivity contribution in [3.63, 3.8) is 0 Å². The van der Waals surface area contributed by atoms with Crippen LogP contribution >= 0.6 is 0 Å². The summed E-state index contributed by atoms with van der Waals surface area (Å²) in [5.74, 6) is -0.0956. The van der Waals surface area contributed by atoms with Gasteiger partial charge in [-0.05, 0) is 48.4 Å². The van der Waals surface area contributed by atoms with Gasteiger partial charge in [0.05, 0.1) is 46.7 Å². The highest BCUT2D eigenvalue weighted by molar-refractivity contribution is 6.46. The van der Waals surface area contributed by atoms with E-state index in [1.54, 1.807) is 37.4 Å². The van der Waals surface area contributed by atoms with E-state index in [4.69, 9.17) is 23.7 Å². The first kappa shape index (κ1) is 24.9. The van der Waals surface area contributed by atoms with Gasteiger partial charge in [-0.3, -0.25) is 9.59 Å². The van der Waals surface area contributed by atoms with Crippen LogP contribution in [0.25, 0.3) is 5.76 Å². The van der Waals surface area contributed by atoms with E-state index in [1.807, 2.05) is 6.92 Å². The van der Waals surface area contributed by atoms with E-state index in [0.29, 0.717) is 34.1 Å². The Bertz CT molecular complexity index is 1100. The highest BCUT2D eigenvalue weighted by Crippen LogP contribution is 2.45. The van der Waals surface area contributed by atoms with Crippen LogP contribution < -0.4 is 18.9 Å². The van der Waals surface area contributed by atoms with E-state index in [1.165, 1.54) is 33.3 Å². The summed E-state index contributed by atoms with van der Waals surface area (Å²) in [6.07, 6.45) is 0. The second kappa shape index (κ2) is 10.5. The molecule has 2 aromatic carbocycles. The fraction of sp³-hybridized carbons (Fsp3) is 0.360. The molecule has 0 spiro atoms. The summed E-state index contributed by atoms with van der Waals surface area (Å²) in [6, 6.07) is 7.44. The van der Waals surface area contributed by atoms with Crippen LogP contribution in [0.5, 0.6) is 23.0 Å². The SMILES string of the molecule is COCCN1C(=O)C(=O)/C(=C(/O)c2ccc(OC)c(C)c2)[C@H]1c1cc(OC)c(OC)c(OC)c1. The molecule has 34 heavy (non-hydrogen) atoms. The van der Waals surface area contributed by atoms with E-state index in [9.17, 15) is 14.7 Å². The molecule has 0 unspecified atom stereocenters. The van der Waals surface area contributed by atoms with Crippen LogP contribution in [0.1, 0.15) is 22.7 Å². The zero-order valence-electron chi connectivity index (χ0n) is 20.1. The van der Waals surface area contributed by atoms with Crippen molar-refractivity contribution in [2.45, 2.75) is 13.0 Å². The lowest BCUT2D eigenvalue weighted by Crippen LogP contribution is -2.32. The maximum Gasteiger partial charge on any atom is 0.295 e. The van der Waals surface area contributed by atoms with Gasteiger partial charge in [0, 0.05) is 19.2 Å². The lowest BCUT2D eigenvalue weighted by Gasteiger charge is -2.26. The Balaban J connectivity index is 2.26. The molecular weight excluding hydrogens is 442 g/mol. The first-order valence-corrected chi connectivity index (χ1v) is 10.5. The molecule has 1 atom stereocenters. The Labute approximate surface area is 198 Å². The van der Waals surface area contributed by atoms with Crippen molar-refractivity contribution in [2.24, 2.45) is 0 Å². The first-order chi connectivity index (χ1) is 16.3. The Morgan fingerprint density at radius 1 is 0.912 bits per heavy atom. The smallest absolute Gasteiger partial charge is 0.295 e. The van der Waals surface area contributed by atoms with Gasteiger partial charge in [0.15, 0.2) is 11.5 Å². The van der Waals surface area contributed by atoms with Crippen molar-refractivity contribution in [3.8, 4) is 23.0 Å². The molecule has 0 aromatic heterocycles. The highest BCUT2D eigenvalue weighted by Gasteiger charge is 2.46. The molecule has 0 bridgehead atoms. The van der Waals surface area contributed by atoms with Crippen LogP contribution in [-0.4, -0.2) is 70.4 Å². The molecule has 0 aliphatic carbocycles. The lowest BCUT2D eigenvalue weighted by atomic mass is 9.94. The number of rotatable bonds is 9. The zero-order chi connectivity index (χ0) is 25.0. The third-order valence-corrected chi connectivity index (χ3v) is 5.75. The average Bonchev–Trinajstić information content (AvgIpc) is 3.10. The number of methoxy groups -OCH3 is 5. The van der Waals surface area contributed by atoms with Crippen molar-refractivity contribution in [3.05, 3.63) is 52.6 Å². The van der Waals surface area contributed by atoms with Crippen molar-refractivity contribution < 1.29 is 38.4 Å². The number of hydrogen-bond acceptors (Lipinski definition) is 8. The van der Waals surface area contributed by atoms with Crippen LogP contribution in [-0.2, 0) is 14.3 Å². The van der Waals surface area contributed by atoms with Crippen molar-refractivity contribution in [1.29, 1.82) is 0 Å². The summed E-state index contributed by atoms with van der Waals surface area (Å²) >= 11 is 0. The number of amides is 1. The zero-order valence-corrected chi connectivity index (χ0v) is 20.1. The normalized spacial score (nSPS) is 17.1. The van der Waals surface area contributed by atoms with Crippen LogP contribution in [0, 0.1) is 6.92 Å². The molecule has 1 aliphatic heterocycles. The van der Waals surface area contributed by atoms with Crippen molar-refractivity contribution in [2.75, 3.05) is 48.7 Å². The quantitative estimate of drug-likeness (QED) is 0.338. The van der Waals surface area contributed by atoms with Gasteiger partial charge in [-0.25, -0.2) is 0 Å². The molecule has 9 nitrogen and oxygen atoms in total. The van der Waals surface area contributed by atoms with Gasteiger partial charge in [-0.2, -0.15) is 0 Å². The van der Waals surface area contributed by atoms with Gasteiger partial charge in [-0.1, -0.05) is 0 Å². The van der Waals surface area contributed by atoms with Gasteiger partial charge < -0.3 is 33.7 Å². The Kier molecular flexibility index (Phi) is 7.68. The number of nitrogens with zero attached hydrogens (tertiary/aromatic N) is 1.